The van der Waals surface area contributed by atoms with Gasteiger partial charge in [0.25, 0.3) is 0 Å². The van der Waals surface area contributed by atoms with Crippen LogP contribution in [-0.4, -0.2) is 31.0 Å². The molecule has 1 aromatic rings. The summed E-state index contributed by atoms with van der Waals surface area (Å²) in [5, 5.41) is 0. The van der Waals surface area contributed by atoms with Crippen molar-refractivity contribution >= 4 is 0 Å². The predicted octanol–water partition coefficient (Wildman–Crippen LogP) is -0.189. The molecule has 3 N–H and O–H groups in total. The zero-order chi connectivity index (χ0) is 13.8. The summed E-state index contributed by atoms with van der Waals surface area (Å²) in [4.78, 5) is 2.53. The Morgan fingerprint density at radius 3 is 2.06 bits per heavy atom. The monoisotopic (exact) mass is 277 g/mol. The Hall–Kier alpha value is -0.690. The molecule has 1 heterocycles. The third-order valence-corrected chi connectivity index (χ3v) is 3.07. The Labute approximate surface area is 109 Å². The van der Waals surface area contributed by atoms with Crippen molar-refractivity contribution in [2.45, 2.75) is 32.4 Å². The number of rotatable bonds is 2. The first kappa shape index (κ1) is 15.4. The molecule has 104 valence electrons. The molecular weight excluding hydrogens is 258 g/mol. The second-order valence-corrected chi connectivity index (χ2v) is 5.77. The third kappa shape index (κ3) is 5.77. The summed E-state index contributed by atoms with van der Waals surface area (Å²) in [7, 11) is -4.19. The Bertz CT molecular complexity index is 358. The first-order valence-corrected chi connectivity index (χ1v) is 6.96. The van der Waals surface area contributed by atoms with Crippen molar-refractivity contribution in [1.29, 1.82) is 0 Å². The average molecular weight is 278 g/mol. The molecular formula is C12H20ClNO4. The van der Waals surface area contributed by atoms with Gasteiger partial charge in [0.2, 0.25) is 0 Å². The van der Waals surface area contributed by atoms with Crippen molar-refractivity contribution in [2.75, 3.05) is 6.54 Å². The van der Waals surface area contributed by atoms with E-state index in [2.05, 4.69) is 49.1 Å². The fourth-order valence-corrected chi connectivity index (χ4v) is 1.81. The molecule has 0 radical (unpaired) electrons. The molecule has 1 aliphatic heterocycles. The molecule has 18 heavy (non-hydrogen) atoms. The maximum atomic E-state index is 8.83. The van der Waals surface area contributed by atoms with Crippen molar-refractivity contribution in [3.8, 4) is 0 Å². The summed E-state index contributed by atoms with van der Waals surface area (Å²) in [5.41, 5.74) is 1.85. The molecule has 1 aliphatic rings. The summed E-state index contributed by atoms with van der Waals surface area (Å²) >= 11 is 0. The molecule has 6 heteroatoms. The first-order valence-electron chi connectivity index (χ1n) is 5.64. The Morgan fingerprint density at radius 1 is 1.22 bits per heavy atom. The molecule has 2 rings (SSSR count). The minimum atomic E-state index is -4.19. The van der Waals surface area contributed by atoms with E-state index >= 15 is 0 Å². The van der Waals surface area contributed by atoms with E-state index in [4.69, 9.17) is 18.6 Å². The van der Waals surface area contributed by atoms with Crippen LogP contribution in [0.3, 0.4) is 0 Å². The number of benzene rings is 1. The molecule has 0 bridgehead atoms. The van der Waals surface area contributed by atoms with E-state index in [0.717, 1.165) is 6.54 Å². The van der Waals surface area contributed by atoms with Crippen LogP contribution in [-0.2, 0) is 6.54 Å². The molecule has 0 spiro atoms. The van der Waals surface area contributed by atoms with Crippen LogP contribution in [0.25, 0.3) is 0 Å². The maximum absolute atomic E-state index is 8.83. The van der Waals surface area contributed by atoms with Gasteiger partial charge in [-0.2, -0.15) is 0 Å². The molecule has 1 saturated heterocycles. The van der Waals surface area contributed by atoms with Crippen LogP contribution >= 0.6 is 0 Å². The SMILES string of the molecule is CC1(C)CCN1Cc1ccccc1.[O-][Cl+](O)(O)O. The van der Waals surface area contributed by atoms with Crippen LogP contribution in [0, 0.1) is 10.2 Å². The van der Waals surface area contributed by atoms with Gasteiger partial charge in [0.05, 0.1) is 0 Å². The molecule has 0 atom stereocenters. The molecule has 1 aromatic carbocycles. The van der Waals surface area contributed by atoms with Gasteiger partial charge >= 0.3 is 28.9 Å². The zero-order valence-electron chi connectivity index (χ0n) is 10.6. The van der Waals surface area contributed by atoms with E-state index in [9.17, 15) is 0 Å². The Balaban J connectivity index is 0.000000280. The summed E-state index contributed by atoms with van der Waals surface area (Å²) in [6.45, 7) is 6.99. The van der Waals surface area contributed by atoms with Crippen LogP contribution in [0.2, 0.25) is 0 Å². The summed E-state index contributed by atoms with van der Waals surface area (Å²) < 4.78 is 30.2. The number of nitrogens with zero attached hydrogens (tertiary/aromatic N) is 1. The predicted molar refractivity (Wildman–Crippen MR) is 62.2 cm³/mol. The summed E-state index contributed by atoms with van der Waals surface area (Å²) in [6, 6.07) is 10.7. The van der Waals surface area contributed by atoms with Crippen LogP contribution in [0.4, 0.5) is 0 Å². The van der Waals surface area contributed by atoms with Crippen molar-refractivity contribution in [1.82, 2.24) is 4.90 Å². The number of likely N-dealkylation sites (tertiary alicyclic amines) is 1. The molecule has 5 nitrogen and oxygen atoms in total. The van der Waals surface area contributed by atoms with E-state index in [-0.39, 0.29) is 0 Å². The Kier molecular flexibility index (Phi) is 5.10. The number of hydrogen-bond donors (Lipinski definition) is 3. The standard InChI is InChI=1S/C12H17N.ClH3O4/c1-12(2)8-9-13(12)10-11-6-4-3-5-7-11;2-1(3,4)5/h3-7H,8-10H2,1-2H3;2-4H. The third-order valence-electron chi connectivity index (χ3n) is 3.07. The topological polar surface area (TPSA) is 87.0 Å². The van der Waals surface area contributed by atoms with Crippen LogP contribution < -0.4 is 4.66 Å². The second-order valence-electron chi connectivity index (χ2n) is 4.90. The molecule has 0 amide bonds. The molecule has 0 aliphatic carbocycles. The fourth-order valence-electron chi connectivity index (χ4n) is 1.81. The zero-order valence-corrected chi connectivity index (χ0v) is 11.3. The average Bonchev–Trinajstić information content (AvgIpc) is 2.24. The quantitative estimate of drug-likeness (QED) is 0.698. The van der Waals surface area contributed by atoms with Gasteiger partial charge in [0, 0.05) is 18.6 Å². The molecule has 0 aromatic heterocycles. The van der Waals surface area contributed by atoms with Crippen LogP contribution in [0.1, 0.15) is 25.8 Å². The van der Waals surface area contributed by atoms with Gasteiger partial charge in [-0.1, -0.05) is 30.3 Å². The molecule has 0 unspecified atom stereocenters. The van der Waals surface area contributed by atoms with E-state index in [1.165, 1.54) is 18.5 Å². The fraction of sp³-hybridized carbons (Fsp3) is 0.500. The van der Waals surface area contributed by atoms with Gasteiger partial charge in [-0.3, -0.25) is 4.90 Å². The summed E-state index contributed by atoms with van der Waals surface area (Å²) in [5.74, 6) is 0. The number of halogens is 1. The van der Waals surface area contributed by atoms with Gasteiger partial charge in [0.1, 0.15) is 0 Å². The first-order chi connectivity index (χ1) is 8.18. The normalized spacial score (nSPS) is 19.4. The van der Waals surface area contributed by atoms with Crippen molar-refractivity contribution in [3.63, 3.8) is 0 Å². The van der Waals surface area contributed by atoms with Crippen LogP contribution in [0.15, 0.2) is 30.3 Å². The van der Waals surface area contributed by atoms with Crippen molar-refractivity contribution < 1.29 is 28.9 Å². The van der Waals surface area contributed by atoms with Gasteiger partial charge in [-0.25, -0.2) is 0 Å². The molecule has 1 fully saturated rings. The molecule has 0 saturated carbocycles. The van der Waals surface area contributed by atoms with E-state index in [0.29, 0.717) is 5.54 Å². The van der Waals surface area contributed by atoms with Gasteiger partial charge < -0.3 is 0 Å². The van der Waals surface area contributed by atoms with Crippen molar-refractivity contribution in [3.05, 3.63) is 35.9 Å². The van der Waals surface area contributed by atoms with E-state index < -0.39 is 10.2 Å². The minimum absolute atomic E-state index is 0.426. The van der Waals surface area contributed by atoms with Gasteiger partial charge in [0.15, 0.2) is 0 Å². The van der Waals surface area contributed by atoms with Gasteiger partial charge in [-0.15, -0.1) is 0 Å². The number of hydrogen-bond acceptors (Lipinski definition) is 5. The Morgan fingerprint density at radius 2 is 1.72 bits per heavy atom. The van der Waals surface area contributed by atoms with Gasteiger partial charge in [-0.05, 0) is 25.8 Å². The second kappa shape index (κ2) is 5.97. The van der Waals surface area contributed by atoms with E-state index in [1.807, 2.05) is 0 Å². The summed E-state index contributed by atoms with van der Waals surface area (Å²) in [6.07, 6.45) is 1.33. The van der Waals surface area contributed by atoms with E-state index in [1.54, 1.807) is 0 Å². The van der Waals surface area contributed by atoms with Crippen molar-refractivity contribution in [2.24, 2.45) is 0 Å². The van der Waals surface area contributed by atoms with Crippen LogP contribution in [0.5, 0.6) is 0 Å².